The molecule has 1 amide bonds. The standard InChI is InChI=1S/C21H20FN3O3S/c1-15-11-18(13-23-12-15)24-29(27,28)20-6-4-3-5-19(20)21(26)25(2)14-16-7-9-17(22)10-8-16/h3-13,24H,14H2,1-2H3. The molecule has 0 aliphatic rings. The van der Waals surface area contributed by atoms with Gasteiger partial charge in [-0.2, -0.15) is 0 Å². The van der Waals surface area contributed by atoms with Crippen LogP contribution in [0.4, 0.5) is 10.1 Å². The normalized spacial score (nSPS) is 11.1. The third-order valence-electron chi connectivity index (χ3n) is 4.21. The Morgan fingerprint density at radius 3 is 2.48 bits per heavy atom. The number of hydrogen-bond acceptors (Lipinski definition) is 4. The molecular formula is C21H20FN3O3S. The largest absolute Gasteiger partial charge is 0.337 e. The third kappa shape index (κ3) is 4.97. The number of nitrogens with one attached hydrogen (secondary N) is 1. The molecule has 3 rings (SSSR count). The fraction of sp³-hybridized carbons (Fsp3) is 0.143. The number of nitrogens with zero attached hydrogens (tertiary/aromatic N) is 2. The molecule has 6 nitrogen and oxygen atoms in total. The Kier molecular flexibility index (Phi) is 5.93. The monoisotopic (exact) mass is 413 g/mol. The van der Waals surface area contributed by atoms with Gasteiger partial charge in [-0.1, -0.05) is 24.3 Å². The fourth-order valence-corrected chi connectivity index (χ4v) is 4.07. The highest BCUT2D eigenvalue weighted by molar-refractivity contribution is 7.92. The zero-order valence-electron chi connectivity index (χ0n) is 16.0. The van der Waals surface area contributed by atoms with Gasteiger partial charge < -0.3 is 4.90 Å². The molecule has 1 aromatic heterocycles. The van der Waals surface area contributed by atoms with Crippen LogP contribution in [0.15, 0.2) is 71.9 Å². The molecule has 0 unspecified atom stereocenters. The van der Waals surface area contributed by atoms with Crippen LogP contribution in [0.5, 0.6) is 0 Å². The van der Waals surface area contributed by atoms with Gasteiger partial charge in [-0.05, 0) is 48.4 Å². The van der Waals surface area contributed by atoms with Crippen LogP contribution in [-0.2, 0) is 16.6 Å². The molecule has 1 heterocycles. The van der Waals surface area contributed by atoms with Crippen LogP contribution in [0.25, 0.3) is 0 Å². The van der Waals surface area contributed by atoms with Crippen molar-refractivity contribution in [3.8, 4) is 0 Å². The van der Waals surface area contributed by atoms with Crippen LogP contribution in [0.3, 0.4) is 0 Å². The second kappa shape index (κ2) is 8.40. The van der Waals surface area contributed by atoms with Crippen molar-refractivity contribution in [1.82, 2.24) is 9.88 Å². The Morgan fingerprint density at radius 1 is 1.10 bits per heavy atom. The van der Waals surface area contributed by atoms with E-state index in [0.29, 0.717) is 5.69 Å². The van der Waals surface area contributed by atoms with Crippen molar-refractivity contribution in [2.75, 3.05) is 11.8 Å². The summed E-state index contributed by atoms with van der Waals surface area (Å²) in [4.78, 5) is 18.2. The van der Waals surface area contributed by atoms with Gasteiger partial charge in [-0.25, -0.2) is 12.8 Å². The number of sulfonamides is 1. The van der Waals surface area contributed by atoms with Crippen LogP contribution in [-0.4, -0.2) is 31.3 Å². The average molecular weight is 413 g/mol. The van der Waals surface area contributed by atoms with E-state index in [-0.39, 0.29) is 22.8 Å². The Labute approximate surface area is 169 Å². The molecule has 0 saturated heterocycles. The molecule has 0 fully saturated rings. The number of aryl methyl sites for hydroxylation is 1. The number of hydrogen-bond donors (Lipinski definition) is 1. The summed E-state index contributed by atoms with van der Waals surface area (Å²) in [6, 6.07) is 13.4. The SMILES string of the molecule is Cc1cncc(NS(=O)(=O)c2ccccc2C(=O)N(C)Cc2ccc(F)cc2)c1. The van der Waals surface area contributed by atoms with Gasteiger partial charge in [0.1, 0.15) is 10.7 Å². The van der Waals surface area contributed by atoms with Crippen molar-refractivity contribution in [1.29, 1.82) is 0 Å². The molecule has 3 aromatic rings. The highest BCUT2D eigenvalue weighted by atomic mass is 32.2. The molecule has 0 saturated carbocycles. The quantitative estimate of drug-likeness (QED) is 0.670. The average Bonchev–Trinajstić information content (AvgIpc) is 2.69. The van der Waals surface area contributed by atoms with E-state index in [4.69, 9.17) is 0 Å². The van der Waals surface area contributed by atoms with E-state index < -0.39 is 15.9 Å². The summed E-state index contributed by atoms with van der Waals surface area (Å²) in [5.74, 6) is -0.825. The van der Waals surface area contributed by atoms with Gasteiger partial charge >= 0.3 is 0 Å². The molecule has 0 atom stereocenters. The molecule has 150 valence electrons. The van der Waals surface area contributed by atoms with E-state index in [1.807, 2.05) is 0 Å². The van der Waals surface area contributed by atoms with E-state index in [0.717, 1.165) is 11.1 Å². The topological polar surface area (TPSA) is 79.4 Å². The van der Waals surface area contributed by atoms with Crippen LogP contribution in [0.1, 0.15) is 21.5 Å². The minimum Gasteiger partial charge on any atom is -0.337 e. The van der Waals surface area contributed by atoms with Crippen LogP contribution in [0, 0.1) is 12.7 Å². The number of anilines is 1. The zero-order valence-corrected chi connectivity index (χ0v) is 16.8. The maximum absolute atomic E-state index is 13.1. The van der Waals surface area contributed by atoms with Crippen molar-refractivity contribution in [3.05, 3.63) is 89.5 Å². The second-order valence-corrected chi connectivity index (χ2v) is 8.29. The summed E-state index contributed by atoms with van der Waals surface area (Å²) in [6.45, 7) is 2.01. The number of rotatable bonds is 6. The van der Waals surface area contributed by atoms with Gasteiger partial charge in [0.25, 0.3) is 15.9 Å². The second-order valence-electron chi connectivity index (χ2n) is 6.64. The van der Waals surface area contributed by atoms with Crippen LogP contribution < -0.4 is 4.72 Å². The maximum Gasteiger partial charge on any atom is 0.262 e. The first kappa shape index (κ1) is 20.5. The van der Waals surface area contributed by atoms with Crippen molar-refractivity contribution in [3.63, 3.8) is 0 Å². The number of carbonyl (C=O) groups is 1. The highest BCUT2D eigenvalue weighted by Crippen LogP contribution is 2.21. The fourth-order valence-electron chi connectivity index (χ4n) is 2.84. The predicted octanol–water partition coefficient (Wildman–Crippen LogP) is 3.60. The van der Waals surface area contributed by atoms with E-state index in [2.05, 4.69) is 9.71 Å². The Bertz CT molecular complexity index is 1130. The molecular weight excluding hydrogens is 393 g/mol. The molecule has 1 N–H and O–H groups in total. The lowest BCUT2D eigenvalue weighted by atomic mass is 10.1. The number of halogens is 1. The maximum atomic E-state index is 13.1. The summed E-state index contributed by atoms with van der Waals surface area (Å²) in [7, 11) is -2.44. The third-order valence-corrected chi connectivity index (χ3v) is 5.65. The van der Waals surface area contributed by atoms with Gasteiger partial charge in [0.15, 0.2) is 0 Å². The zero-order chi connectivity index (χ0) is 21.0. The van der Waals surface area contributed by atoms with Gasteiger partial charge in [0.2, 0.25) is 0 Å². The van der Waals surface area contributed by atoms with Gasteiger partial charge in [-0.3, -0.25) is 14.5 Å². The van der Waals surface area contributed by atoms with Crippen molar-refractivity contribution in [2.45, 2.75) is 18.4 Å². The summed E-state index contributed by atoms with van der Waals surface area (Å²) in [5.41, 5.74) is 1.89. The number of benzene rings is 2. The van der Waals surface area contributed by atoms with E-state index in [1.54, 1.807) is 50.5 Å². The van der Waals surface area contributed by atoms with E-state index in [9.17, 15) is 17.6 Å². The number of pyridine rings is 1. The van der Waals surface area contributed by atoms with Gasteiger partial charge in [0.05, 0.1) is 17.4 Å². The van der Waals surface area contributed by atoms with E-state index in [1.165, 1.54) is 35.4 Å². The van der Waals surface area contributed by atoms with Crippen molar-refractivity contribution in [2.24, 2.45) is 0 Å². The van der Waals surface area contributed by atoms with Crippen molar-refractivity contribution >= 4 is 21.6 Å². The number of carbonyl (C=O) groups excluding carboxylic acids is 1. The first-order valence-electron chi connectivity index (χ1n) is 8.80. The molecule has 2 aromatic carbocycles. The lowest BCUT2D eigenvalue weighted by molar-refractivity contribution is 0.0781. The molecule has 0 radical (unpaired) electrons. The van der Waals surface area contributed by atoms with Crippen molar-refractivity contribution < 1.29 is 17.6 Å². The van der Waals surface area contributed by atoms with Crippen LogP contribution in [0.2, 0.25) is 0 Å². The summed E-state index contributed by atoms with van der Waals surface area (Å²) in [6.07, 6.45) is 3.01. The molecule has 8 heteroatoms. The first-order chi connectivity index (χ1) is 13.8. The minimum absolute atomic E-state index is 0.0465. The summed E-state index contributed by atoms with van der Waals surface area (Å²) < 4.78 is 41.4. The Balaban J connectivity index is 1.87. The Hall–Kier alpha value is -3.26. The lowest BCUT2D eigenvalue weighted by Gasteiger charge is -2.19. The number of aromatic nitrogens is 1. The first-order valence-corrected chi connectivity index (χ1v) is 10.3. The minimum atomic E-state index is -4.00. The smallest absolute Gasteiger partial charge is 0.262 e. The van der Waals surface area contributed by atoms with Gasteiger partial charge in [-0.15, -0.1) is 0 Å². The van der Waals surface area contributed by atoms with E-state index >= 15 is 0 Å². The molecule has 0 spiro atoms. The molecule has 0 aliphatic carbocycles. The number of amides is 1. The molecule has 0 bridgehead atoms. The van der Waals surface area contributed by atoms with Crippen LogP contribution >= 0.6 is 0 Å². The Morgan fingerprint density at radius 2 is 1.79 bits per heavy atom. The molecule has 29 heavy (non-hydrogen) atoms. The molecule has 0 aliphatic heterocycles. The lowest BCUT2D eigenvalue weighted by Crippen LogP contribution is -2.28. The highest BCUT2D eigenvalue weighted by Gasteiger charge is 2.24. The summed E-state index contributed by atoms with van der Waals surface area (Å²) >= 11 is 0. The summed E-state index contributed by atoms with van der Waals surface area (Å²) in [5, 5.41) is 0. The predicted molar refractivity (Wildman–Crippen MR) is 108 cm³/mol. The van der Waals surface area contributed by atoms with Gasteiger partial charge in [0, 0.05) is 19.8 Å².